The van der Waals surface area contributed by atoms with E-state index in [9.17, 15) is 9.18 Å². The van der Waals surface area contributed by atoms with Gasteiger partial charge >= 0.3 is 5.97 Å². The number of nitrogens with one attached hydrogen (secondary N) is 1. The molecule has 1 heterocycles. The van der Waals surface area contributed by atoms with E-state index in [1.165, 1.54) is 25.0 Å². The minimum absolute atomic E-state index is 0.185. The monoisotopic (exact) mass is 317 g/mol. The quantitative estimate of drug-likeness (QED) is 0.848. The van der Waals surface area contributed by atoms with Gasteiger partial charge in [-0.15, -0.1) is 10.2 Å². The van der Waals surface area contributed by atoms with E-state index < -0.39 is 11.8 Å². The number of aromatic nitrogens is 3. The van der Waals surface area contributed by atoms with Crippen LogP contribution < -0.4 is 0 Å². The molecule has 1 aliphatic carbocycles. The molecule has 0 saturated heterocycles. The van der Waals surface area contributed by atoms with Gasteiger partial charge in [-0.25, -0.2) is 9.18 Å². The van der Waals surface area contributed by atoms with Crippen molar-refractivity contribution in [3.05, 3.63) is 35.3 Å². The molecule has 1 aliphatic rings. The Bertz CT molecular complexity index is 775. The number of hydrogen-bond donors (Lipinski definition) is 2. The molecule has 22 heavy (non-hydrogen) atoms. The number of halogens is 1. The van der Waals surface area contributed by atoms with Gasteiger partial charge in [-0.3, -0.25) is 0 Å². The zero-order valence-corrected chi connectivity index (χ0v) is 12.3. The third-order valence-electron chi connectivity index (χ3n) is 3.12. The molecule has 3 rings (SSSR count). The van der Waals surface area contributed by atoms with Gasteiger partial charge in [0.15, 0.2) is 5.03 Å². The number of aromatic amines is 1. The highest BCUT2D eigenvalue weighted by Crippen LogP contribution is 2.32. The van der Waals surface area contributed by atoms with Gasteiger partial charge in [-0.05, 0) is 37.0 Å². The van der Waals surface area contributed by atoms with Crippen LogP contribution in [-0.2, 0) is 0 Å². The van der Waals surface area contributed by atoms with Crippen molar-refractivity contribution in [1.29, 1.82) is 0 Å². The molecule has 0 radical (unpaired) electrons. The Morgan fingerprint density at radius 3 is 2.95 bits per heavy atom. The largest absolute Gasteiger partial charge is 0.476 e. The van der Waals surface area contributed by atoms with E-state index in [-0.39, 0.29) is 10.7 Å². The molecular formula is C15H12FN3O2S. The van der Waals surface area contributed by atoms with Crippen molar-refractivity contribution in [3.63, 3.8) is 0 Å². The van der Waals surface area contributed by atoms with Gasteiger partial charge in [0.05, 0.1) is 0 Å². The van der Waals surface area contributed by atoms with Gasteiger partial charge in [0, 0.05) is 16.9 Å². The minimum atomic E-state index is -1.18. The maximum Gasteiger partial charge on any atom is 0.359 e. The van der Waals surface area contributed by atoms with Crippen LogP contribution in [0.3, 0.4) is 0 Å². The highest BCUT2D eigenvalue weighted by Gasteiger charge is 2.19. The summed E-state index contributed by atoms with van der Waals surface area (Å²) in [7, 11) is 0. The number of carboxylic acid groups (broad SMARTS) is 1. The van der Waals surface area contributed by atoms with E-state index in [0.717, 1.165) is 18.2 Å². The Hall–Kier alpha value is -2.33. The second-order valence-electron chi connectivity index (χ2n) is 5.01. The fraction of sp³-hybridized carbons (Fsp3) is 0.267. The fourth-order valence-electron chi connectivity index (χ4n) is 1.86. The molecule has 1 aromatic heterocycles. The molecule has 1 aromatic carbocycles. The zero-order chi connectivity index (χ0) is 15.5. The lowest BCUT2D eigenvalue weighted by Crippen LogP contribution is -1.98. The molecule has 1 saturated carbocycles. The topological polar surface area (TPSA) is 78.9 Å². The van der Waals surface area contributed by atoms with Crippen LogP contribution in [0.5, 0.6) is 0 Å². The minimum Gasteiger partial charge on any atom is -0.476 e. The number of nitrogens with zero attached hydrogens (tertiary/aromatic N) is 2. The summed E-state index contributed by atoms with van der Waals surface area (Å²) in [4.78, 5) is 11.5. The Balaban J connectivity index is 1.80. The summed E-state index contributed by atoms with van der Waals surface area (Å²) in [5.41, 5.74) is 0.388. The third-order valence-corrected chi connectivity index (χ3v) is 4.07. The van der Waals surface area contributed by atoms with Crippen molar-refractivity contribution >= 4 is 17.7 Å². The van der Waals surface area contributed by atoms with Gasteiger partial charge in [0.2, 0.25) is 5.69 Å². The number of hydrogen-bond acceptors (Lipinski definition) is 4. The molecule has 5 nitrogen and oxygen atoms in total. The zero-order valence-electron chi connectivity index (χ0n) is 11.5. The first kappa shape index (κ1) is 14.6. The summed E-state index contributed by atoms with van der Waals surface area (Å²) in [6.45, 7) is 0. The summed E-state index contributed by atoms with van der Waals surface area (Å²) in [5.74, 6) is 5.10. The molecule has 2 N–H and O–H groups in total. The average molecular weight is 317 g/mol. The Labute approximate surface area is 130 Å². The Kier molecular flexibility index (Phi) is 4.11. The molecular weight excluding hydrogens is 305 g/mol. The normalized spacial score (nSPS) is 13.5. The molecule has 2 aromatic rings. The standard InChI is InChI=1S/C15H12FN3O2S/c16-11-6-10(3-1-2-9-4-5-9)7-12(8-11)22-14-13(15(20)21)17-19-18-14/h6-9H,2,4-5H2,(H,20,21)(H,17,18,19). The number of carbonyl (C=O) groups is 1. The predicted molar refractivity (Wildman–Crippen MR) is 78.1 cm³/mol. The lowest BCUT2D eigenvalue weighted by atomic mass is 10.2. The summed E-state index contributed by atoms with van der Waals surface area (Å²) in [6, 6.07) is 4.40. The van der Waals surface area contributed by atoms with Gasteiger partial charge in [0.25, 0.3) is 0 Å². The van der Waals surface area contributed by atoms with Crippen LogP contribution in [0.4, 0.5) is 4.39 Å². The molecule has 0 amide bonds. The van der Waals surface area contributed by atoms with Crippen molar-refractivity contribution in [2.75, 3.05) is 0 Å². The molecule has 0 atom stereocenters. The maximum atomic E-state index is 13.7. The summed E-state index contributed by atoms with van der Waals surface area (Å²) >= 11 is 1.04. The van der Waals surface area contributed by atoms with Crippen molar-refractivity contribution in [2.45, 2.75) is 29.2 Å². The summed E-state index contributed by atoms with van der Waals surface area (Å²) in [5, 5.41) is 18.8. The van der Waals surface area contributed by atoms with Crippen molar-refractivity contribution in [1.82, 2.24) is 15.4 Å². The molecule has 112 valence electrons. The van der Waals surface area contributed by atoms with Crippen LogP contribution in [-0.4, -0.2) is 26.5 Å². The summed E-state index contributed by atoms with van der Waals surface area (Å²) in [6.07, 6.45) is 3.29. The lowest BCUT2D eigenvalue weighted by Gasteiger charge is -2.01. The van der Waals surface area contributed by atoms with Crippen molar-refractivity contribution in [2.24, 2.45) is 5.92 Å². The number of H-pyrrole nitrogens is 1. The van der Waals surface area contributed by atoms with Gasteiger partial charge in [0.1, 0.15) is 5.82 Å². The lowest BCUT2D eigenvalue weighted by molar-refractivity contribution is 0.0686. The van der Waals surface area contributed by atoms with Crippen LogP contribution in [0.15, 0.2) is 28.1 Å². The summed E-state index contributed by atoms with van der Waals surface area (Å²) < 4.78 is 13.7. The highest BCUT2D eigenvalue weighted by molar-refractivity contribution is 7.99. The number of rotatable bonds is 4. The number of aromatic carboxylic acids is 1. The first-order valence-electron chi connectivity index (χ1n) is 6.73. The van der Waals surface area contributed by atoms with Crippen LogP contribution >= 0.6 is 11.8 Å². The fourth-order valence-corrected chi connectivity index (χ4v) is 2.75. The van der Waals surface area contributed by atoms with Crippen molar-refractivity contribution in [3.8, 4) is 11.8 Å². The highest BCUT2D eigenvalue weighted by atomic mass is 32.2. The molecule has 7 heteroatoms. The Morgan fingerprint density at radius 1 is 1.41 bits per heavy atom. The van der Waals surface area contributed by atoms with Crippen molar-refractivity contribution < 1.29 is 14.3 Å². The predicted octanol–water partition coefficient (Wildman–Crippen LogP) is 2.94. The Morgan fingerprint density at radius 2 is 2.23 bits per heavy atom. The molecule has 1 fully saturated rings. The smallest absolute Gasteiger partial charge is 0.359 e. The second kappa shape index (κ2) is 6.20. The SMILES string of the molecule is O=C(O)c1n[nH]nc1Sc1cc(F)cc(C#CCC2CC2)c1. The second-order valence-corrected chi connectivity index (χ2v) is 6.07. The van der Waals surface area contributed by atoms with E-state index in [4.69, 9.17) is 5.11 Å². The maximum absolute atomic E-state index is 13.7. The first-order valence-corrected chi connectivity index (χ1v) is 7.55. The van der Waals surface area contributed by atoms with Crippen LogP contribution in [0, 0.1) is 23.6 Å². The molecule has 0 aliphatic heterocycles. The van der Waals surface area contributed by atoms with E-state index >= 15 is 0 Å². The van der Waals surface area contributed by atoms with E-state index in [0.29, 0.717) is 16.4 Å². The van der Waals surface area contributed by atoms with Crippen LogP contribution in [0.1, 0.15) is 35.3 Å². The van der Waals surface area contributed by atoms with Crippen LogP contribution in [0.25, 0.3) is 0 Å². The molecule has 0 bridgehead atoms. The van der Waals surface area contributed by atoms with E-state index in [1.807, 2.05) is 0 Å². The third kappa shape index (κ3) is 3.65. The molecule has 0 spiro atoms. The van der Waals surface area contributed by atoms with Crippen LogP contribution in [0.2, 0.25) is 0 Å². The average Bonchev–Trinajstić information content (AvgIpc) is 3.15. The van der Waals surface area contributed by atoms with Gasteiger partial charge < -0.3 is 5.11 Å². The number of benzene rings is 1. The first-order chi connectivity index (χ1) is 10.6. The van der Waals surface area contributed by atoms with Gasteiger partial charge in [-0.2, -0.15) is 5.21 Å². The van der Waals surface area contributed by atoms with Gasteiger partial charge in [-0.1, -0.05) is 23.6 Å². The van der Waals surface area contributed by atoms with E-state index in [1.54, 1.807) is 6.07 Å². The molecule has 0 unspecified atom stereocenters. The van der Waals surface area contributed by atoms with E-state index in [2.05, 4.69) is 27.3 Å². The number of carboxylic acids is 1.